The molecule has 0 unspecified atom stereocenters. The van der Waals surface area contributed by atoms with Crippen LogP contribution in [0.2, 0.25) is 0 Å². The Bertz CT molecular complexity index is 912. The van der Waals surface area contributed by atoms with Crippen LogP contribution < -0.4 is 10.1 Å². The van der Waals surface area contributed by atoms with Crippen LogP contribution in [-0.2, 0) is 17.1 Å². The van der Waals surface area contributed by atoms with Gasteiger partial charge in [0, 0.05) is 39.4 Å². The third-order valence-corrected chi connectivity index (χ3v) is 6.26. The highest BCUT2D eigenvalue weighted by Gasteiger charge is 2.29. The lowest BCUT2D eigenvalue weighted by molar-refractivity contribution is 0.214. The summed E-state index contributed by atoms with van der Waals surface area (Å²) in [4.78, 5) is 14.4. The second-order valence-corrected chi connectivity index (χ2v) is 8.16. The molecule has 1 aromatic carbocycles. The smallest absolute Gasteiger partial charge is 0.321 e. The molecule has 1 aliphatic heterocycles. The van der Waals surface area contributed by atoms with E-state index in [1.807, 2.05) is 12.1 Å². The van der Waals surface area contributed by atoms with Gasteiger partial charge in [0.15, 0.2) is 0 Å². The zero-order valence-electron chi connectivity index (χ0n) is 15.3. The molecule has 10 heteroatoms. The van der Waals surface area contributed by atoms with Gasteiger partial charge >= 0.3 is 6.03 Å². The number of carbonyl (C=O) groups is 1. The maximum atomic E-state index is 12.7. The molecule has 1 N–H and O–H groups in total. The highest BCUT2D eigenvalue weighted by Crippen LogP contribution is 2.24. The monoisotopic (exact) mass is 393 g/mol. The Morgan fingerprint density at radius 1 is 1.19 bits per heavy atom. The van der Waals surface area contributed by atoms with Crippen LogP contribution in [0.1, 0.15) is 6.42 Å². The topological polar surface area (TPSA) is 96.8 Å². The minimum atomic E-state index is -3.61. The van der Waals surface area contributed by atoms with Crippen LogP contribution in [0.3, 0.4) is 0 Å². The van der Waals surface area contributed by atoms with E-state index in [2.05, 4.69) is 10.4 Å². The molecule has 1 aliphatic rings. The molecule has 2 amide bonds. The number of methoxy groups -OCH3 is 1. The predicted octanol–water partition coefficient (Wildman–Crippen LogP) is 1.36. The van der Waals surface area contributed by atoms with Gasteiger partial charge in [0.05, 0.1) is 19.0 Å². The summed E-state index contributed by atoms with van der Waals surface area (Å²) in [6, 6.07) is 6.87. The minimum Gasteiger partial charge on any atom is -0.495 e. The van der Waals surface area contributed by atoms with Crippen LogP contribution in [0.15, 0.2) is 41.6 Å². The molecule has 1 fully saturated rings. The molecule has 0 atom stereocenters. The number of aromatic nitrogens is 2. The fourth-order valence-electron chi connectivity index (χ4n) is 2.96. The quantitative estimate of drug-likeness (QED) is 0.846. The third kappa shape index (κ3) is 4.22. The van der Waals surface area contributed by atoms with E-state index in [0.717, 1.165) is 0 Å². The van der Waals surface area contributed by atoms with Crippen molar-refractivity contribution in [1.29, 1.82) is 0 Å². The number of hydrogen-bond acceptors (Lipinski definition) is 5. The van der Waals surface area contributed by atoms with Gasteiger partial charge in [-0.25, -0.2) is 13.2 Å². The molecule has 27 heavy (non-hydrogen) atoms. The number of amides is 2. The van der Waals surface area contributed by atoms with E-state index < -0.39 is 10.0 Å². The fourth-order valence-corrected chi connectivity index (χ4v) is 4.42. The first-order valence-corrected chi connectivity index (χ1v) is 10.0. The summed E-state index contributed by atoms with van der Waals surface area (Å²) in [5.41, 5.74) is 0.578. The summed E-state index contributed by atoms with van der Waals surface area (Å²) in [7, 11) is -0.400. The molecule has 9 nitrogen and oxygen atoms in total. The van der Waals surface area contributed by atoms with Gasteiger partial charge in [-0.05, 0) is 18.6 Å². The van der Waals surface area contributed by atoms with E-state index in [9.17, 15) is 13.2 Å². The average Bonchev–Trinajstić information content (AvgIpc) is 2.94. The summed E-state index contributed by atoms with van der Waals surface area (Å²) in [5, 5.41) is 6.76. The van der Waals surface area contributed by atoms with Gasteiger partial charge in [-0.1, -0.05) is 12.1 Å². The Kier molecular flexibility index (Phi) is 5.66. The van der Waals surface area contributed by atoms with Crippen molar-refractivity contribution >= 4 is 21.7 Å². The fraction of sp³-hybridized carbons (Fsp3) is 0.412. The van der Waals surface area contributed by atoms with Crippen molar-refractivity contribution in [2.45, 2.75) is 11.3 Å². The Morgan fingerprint density at radius 3 is 2.67 bits per heavy atom. The number of hydrogen-bond donors (Lipinski definition) is 1. The van der Waals surface area contributed by atoms with Gasteiger partial charge < -0.3 is 15.0 Å². The highest BCUT2D eigenvalue weighted by atomic mass is 32.2. The summed E-state index contributed by atoms with van der Waals surface area (Å²) >= 11 is 0. The Labute approximate surface area is 158 Å². The molecule has 0 aliphatic carbocycles. The molecule has 2 aromatic rings. The molecular formula is C17H23N5O4S. The second kappa shape index (κ2) is 7.97. The Balaban J connectivity index is 1.67. The van der Waals surface area contributed by atoms with E-state index in [4.69, 9.17) is 4.74 Å². The SMILES string of the molecule is COc1ccccc1NC(=O)N1CCCN(S(=O)(=O)c2cnn(C)c2)CC1. The van der Waals surface area contributed by atoms with Crippen molar-refractivity contribution < 1.29 is 17.9 Å². The lowest BCUT2D eigenvalue weighted by Gasteiger charge is -2.22. The van der Waals surface area contributed by atoms with Gasteiger partial charge in [-0.15, -0.1) is 0 Å². The second-order valence-electron chi connectivity index (χ2n) is 6.22. The van der Waals surface area contributed by atoms with Crippen LogP contribution in [0.4, 0.5) is 10.5 Å². The van der Waals surface area contributed by atoms with E-state index in [1.54, 1.807) is 24.1 Å². The average molecular weight is 393 g/mol. The lowest BCUT2D eigenvalue weighted by Crippen LogP contribution is -2.39. The Hall–Kier alpha value is -2.59. The van der Waals surface area contributed by atoms with E-state index in [1.165, 1.54) is 28.5 Å². The van der Waals surface area contributed by atoms with Gasteiger partial charge in [0.25, 0.3) is 0 Å². The number of anilines is 1. The summed E-state index contributed by atoms with van der Waals surface area (Å²) in [5.74, 6) is 0.571. The Morgan fingerprint density at radius 2 is 1.96 bits per heavy atom. The van der Waals surface area contributed by atoms with Crippen LogP contribution in [-0.4, -0.2) is 66.7 Å². The van der Waals surface area contributed by atoms with Crippen LogP contribution in [0.5, 0.6) is 5.75 Å². The normalized spacial score (nSPS) is 16.0. The zero-order valence-corrected chi connectivity index (χ0v) is 16.1. The molecule has 0 radical (unpaired) electrons. The number of nitrogens with one attached hydrogen (secondary N) is 1. The molecule has 3 rings (SSSR count). The zero-order chi connectivity index (χ0) is 19.4. The van der Waals surface area contributed by atoms with E-state index >= 15 is 0 Å². The number of aryl methyl sites for hydroxylation is 1. The number of ether oxygens (including phenoxy) is 1. The number of urea groups is 1. The van der Waals surface area contributed by atoms with E-state index in [0.29, 0.717) is 37.5 Å². The summed E-state index contributed by atoms with van der Waals surface area (Å²) < 4.78 is 33.6. The maximum absolute atomic E-state index is 12.7. The third-order valence-electron chi connectivity index (χ3n) is 4.41. The molecule has 146 valence electrons. The summed E-state index contributed by atoms with van der Waals surface area (Å²) in [6.07, 6.45) is 3.37. The van der Waals surface area contributed by atoms with Gasteiger partial charge in [0.1, 0.15) is 10.6 Å². The van der Waals surface area contributed by atoms with Gasteiger partial charge in [-0.3, -0.25) is 4.68 Å². The first-order chi connectivity index (χ1) is 12.9. The van der Waals surface area contributed by atoms with Crippen molar-refractivity contribution in [3.63, 3.8) is 0 Å². The molecule has 1 saturated heterocycles. The van der Waals surface area contributed by atoms with Crippen molar-refractivity contribution in [3.05, 3.63) is 36.7 Å². The molecule has 0 spiro atoms. The van der Waals surface area contributed by atoms with E-state index in [-0.39, 0.29) is 17.5 Å². The van der Waals surface area contributed by atoms with Gasteiger partial charge in [-0.2, -0.15) is 9.40 Å². The first kappa shape index (κ1) is 19.2. The minimum absolute atomic E-state index is 0.164. The number of sulfonamides is 1. The summed E-state index contributed by atoms with van der Waals surface area (Å²) in [6.45, 7) is 1.37. The highest BCUT2D eigenvalue weighted by molar-refractivity contribution is 7.89. The first-order valence-electron chi connectivity index (χ1n) is 8.59. The molecular weight excluding hydrogens is 370 g/mol. The number of benzene rings is 1. The van der Waals surface area contributed by atoms with Gasteiger partial charge in [0.2, 0.25) is 10.0 Å². The molecule has 0 saturated carbocycles. The predicted molar refractivity (Wildman–Crippen MR) is 100 cm³/mol. The molecule has 0 bridgehead atoms. The van der Waals surface area contributed by atoms with Crippen molar-refractivity contribution in [2.24, 2.45) is 7.05 Å². The van der Waals surface area contributed by atoms with Crippen LogP contribution in [0, 0.1) is 0 Å². The number of rotatable bonds is 4. The van der Waals surface area contributed by atoms with Crippen LogP contribution >= 0.6 is 0 Å². The molecule has 1 aromatic heterocycles. The number of carbonyl (C=O) groups excluding carboxylic acids is 1. The lowest BCUT2D eigenvalue weighted by atomic mass is 10.3. The number of nitrogens with zero attached hydrogens (tertiary/aromatic N) is 4. The van der Waals surface area contributed by atoms with Crippen molar-refractivity contribution in [3.8, 4) is 5.75 Å². The van der Waals surface area contributed by atoms with Crippen molar-refractivity contribution in [1.82, 2.24) is 19.0 Å². The maximum Gasteiger partial charge on any atom is 0.321 e. The molecule has 2 heterocycles. The van der Waals surface area contributed by atoms with Crippen molar-refractivity contribution in [2.75, 3.05) is 38.6 Å². The standard InChI is InChI=1S/C17H23N5O4S/c1-20-13-14(12-18-20)27(24,25)22-9-5-8-21(10-11-22)17(23)19-15-6-3-4-7-16(15)26-2/h3-4,6-7,12-13H,5,8-11H2,1-2H3,(H,19,23). The largest absolute Gasteiger partial charge is 0.495 e. The number of para-hydroxylation sites is 2. The van der Waals surface area contributed by atoms with Crippen LogP contribution in [0.25, 0.3) is 0 Å².